The Kier molecular flexibility index (Phi) is 5.11. The third kappa shape index (κ3) is 3.68. The van der Waals surface area contributed by atoms with E-state index in [-0.39, 0.29) is 11.8 Å². The van der Waals surface area contributed by atoms with E-state index in [1.807, 2.05) is 20.8 Å². The lowest BCUT2D eigenvalue weighted by Crippen LogP contribution is -2.40. The molecule has 0 fully saturated rings. The highest BCUT2D eigenvalue weighted by Crippen LogP contribution is 2.22. The van der Waals surface area contributed by atoms with Gasteiger partial charge in [0.2, 0.25) is 0 Å². The second-order valence-electron chi connectivity index (χ2n) is 4.74. The number of aliphatic hydroxyl groups is 1. The van der Waals surface area contributed by atoms with Gasteiger partial charge in [-0.2, -0.15) is 0 Å². The molecule has 0 aliphatic carbocycles. The van der Waals surface area contributed by atoms with E-state index in [0.717, 1.165) is 6.07 Å². The third-order valence-corrected chi connectivity index (χ3v) is 3.50. The predicted octanol–water partition coefficient (Wildman–Crippen LogP) is 2.73. The van der Waals surface area contributed by atoms with Crippen LogP contribution in [0.3, 0.4) is 0 Å². The summed E-state index contributed by atoms with van der Waals surface area (Å²) in [5, 5.41) is 22.4. The van der Waals surface area contributed by atoms with Crippen LogP contribution >= 0.6 is 0 Å². The number of phenolic OH excluding ortho intramolecular Hbond substituents is 1. The second-order valence-corrected chi connectivity index (χ2v) is 4.74. The molecule has 0 saturated heterocycles. The van der Waals surface area contributed by atoms with Crippen LogP contribution in [-0.2, 0) is 0 Å². The summed E-state index contributed by atoms with van der Waals surface area (Å²) in [6, 6.07) is 3.90. The first kappa shape index (κ1) is 14.9. The maximum absolute atomic E-state index is 13.6. The average molecular weight is 255 g/mol. The number of aromatic hydroxyl groups is 1. The van der Waals surface area contributed by atoms with Crippen molar-refractivity contribution in [1.29, 1.82) is 0 Å². The maximum Gasteiger partial charge on any atom is 0.131 e. The molecule has 0 saturated carbocycles. The van der Waals surface area contributed by atoms with E-state index in [2.05, 4.69) is 5.32 Å². The molecule has 18 heavy (non-hydrogen) atoms. The second kappa shape index (κ2) is 6.16. The van der Waals surface area contributed by atoms with E-state index in [9.17, 15) is 9.50 Å². The van der Waals surface area contributed by atoms with Crippen molar-refractivity contribution in [3.05, 3.63) is 29.6 Å². The molecule has 1 unspecified atom stereocenters. The number of hydrogen-bond acceptors (Lipinski definition) is 3. The van der Waals surface area contributed by atoms with Crippen LogP contribution in [0.2, 0.25) is 0 Å². The van der Waals surface area contributed by atoms with Gasteiger partial charge in [0.25, 0.3) is 0 Å². The largest absolute Gasteiger partial charge is 0.508 e. The van der Waals surface area contributed by atoms with Crippen LogP contribution in [-0.4, -0.2) is 22.4 Å². The zero-order valence-corrected chi connectivity index (χ0v) is 11.2. The van der Waals surface area contributed by atoms with Crippen molar-refractivity contribution >= 4 is 0 Å². The zero-order chi connectivity index (χ0) is 13.8. The Hall–Kier alpha value is -1.13. The van der Waals surface area contributed by atoms with Crippen molar-refractivity contribution < 1.29 is 14.6 Å². The Balaban J connectivity index is 2.68. The Morgan fingerprint density at radius 2 is 1.94 bits per heavy atom. The van der Waals surface area contributed by atoms with Crippen molar-refractivity contribution in [2.75, 3.05) is 6.54 Å². The Morgan fingerprint density at radius 1 is 1.33 bits per heavy atom. The van der Waals surface area contributed by atoms with Gasteiger partial charge >= 0.3 is 0 Å². The third-order valence-electron chi connectivity index (χ3n) is 3.50. The molecule has 102 valence electrons. The lowest BCUT2D eigenvalue weighted by atomic mass is 9.96. The molecule has 0 aliphatic heterocycles. The molecule has 0 aliphatic rings. The molecule has 0 amide bonds. The molecule has 4 heteroatoms. The molecule has 0 bridgehead atoms. The van der Waals surface area contributed by atoms with Crippen molar-refractivity contribution in [1.82, 2.24) is 5.32 Å². The number of hydrogen-bond donors (Lipinski definition) is 3. The fourth-order valence-corrected chi connectivity index (χ4v) is 1.82. The van der Waals surface area contributed by atoms with Gasteiger partial charge in [-0.15, -0.1) is 0 Å². The monoisotopic (exact) mass is 255 g/mol. The molecule has 1 aromatic carbocycles. The van der Waals surface area contributed by atoms with E-state index < -0.39 is 11.4 Å². The smallest absolute Gasteiger partial charge is 0.131 e. The van der Waals surface area contributed by atoms with Gasteiger partial charge in [0.1, 0.15) is 11.6 Å². The zero-order valence-electron chi connectivity index (χ0n) is 11.2. The number of nitrogens with one attached hydrogen (secondary N) is 1. The van der Waals surface area contributed by atoms with Gasteiger partial charge in [-0.1, -0.05) is 19.9 Å². The number of rotatable bonds is 6. The summed E-state index contributed by atoms with van der Waals surface area (Å²) in [5.74, 6) is -0.520. The predicted molar refractivity (Wildman–Crippen MR) is 70.0 cm³/mol. The van der Waals surface area contributed by atoms with Crippen LogP contribution in [0.5, 0.6) is 5.75 Å². The number of benzene rings is 1. The normalized spacial score (nSPS) is 13.6. The van der Waals surface area contributed by atoms with E-state index >= 15 is 0 Å². The molecule has 0 aromatic heterocycles. The van der Waals surface area contributed by atoms with Gasteiger partial charge in [-0.25, -0.2) is 4.39 Å². The van der Waals surface area contributed by atoms with Gasteiger partial charge in [0.15, 0.2) is 0 Å². The average Bonchev–Trinajstić information content (AvgIpc) is 2.35. The molecule has 1 aromatic rings. The van der Waals surface area contributed by atoms with Crippen LogP contribution < -0.4 is 5.32 Å². The standard InChI is InChI=1S/C14H22FNO2/c1-4-14(18,5-2)9-16-10(3)12-7-6-11(17)8-13(12)15/h6-8,10,16-18H,4-5,9H2,1-3H3. The highest BCUT2D eigenvalue weighted by molar-refractivity contribution is 5.29. The van der Waals surface area contributed by atoms with Crippen molar-refractivity contribution in [2.24, 2.45) is 0 Å². The van der Waals surface area contributed by atoms with Crippen molar-refractivity contribution in [3.63, 3.8) is 0 Å². The minimum absolute atomic E-state index is 0.0814. The summed E-state index contributed by atoms with van der Waals surface area (Å²) in [4.78, 5) is 0. The summed E-state index contributed by atoms with van der Waals surface area (Å²) >= 11 is 0. The first-order chi connectivity index (χ1) is 8.41. The first-order valence-electron chi connectivity index (χ1n) is 6.36. The molecule has 1 atom stereocenters. The Morgan fingerprint density at radius 3 is 2.44 bits per heavy atom. The lowest BCUT2D eigenvalue weighted by molar-refractivity contribution is 0.0302. The molecule has 0 radical (unpaired) electrons. The van der Waals surface area contributed by atoms with Crippen LogP contribution in [0.15, 0.2) is 18.2 Å². The van der Waals surface area contributed by atoms with Gasteiger partial charge in [0, 0.05) is 24.2 Å². The molecular formula is C14H22FNO2. The summed E-state index contributed by atoms with van der Waals surface area (Å²) in [7, 11) is 0. The molecule has 0 heterocycles. The Labute approximate surface area is 108 Å². The van der Waals surface area contributed by atoms with Crippen molar-refractivity contribution in [2.45, 2.75) is 45.3 Å². The van der Waals surface area contributed by atoms with E-state index in [4.69, 9.17) is 5.11 Å². The molecule has 0 spiro atoms. The number of phenols is 1. The molecule has 3 N–H and O–H groups in total. The summed E-state index contributed by atoms with van der Waals surface area (Å²) in [5.41, 5.74) is -0.260. The van der Waals surface area contributed by atoms with Gasteiger partial charge < -0.3 is 15.5 Å². The highest BCUT2D eigenvalue weighted by Gasteiger charge is 2.23. The van der Waals surface area contributed by atoms with E-state index in [0.29, 0.717) is 24.9 Å². The topological polar surface area (TPSA) is 52.5 Å². The van der Waals surface area contributed by atoms with E-state index in [1.54, 1.807) is 6.07 Å². The lowest BCUT2D eigenvalue weighted by Gasteiger charge is -2.27. The van der Waals surface area contributed by atoms with Gasteiger partial charge in [-0.05, 0) is 25.8 Å². The van der Waals surface area contributed by atoms with Crippen LogP contribution in [0.1, 0.15) is 45.2 Å². The van der Waals surface area contributed by atoms with Crippen LogP contribution in [0.25, 0.3) is 0 Å². The molecule has 3 nitrogen and oxygen atoms in total. The first-order valence-corrected chi connectivity index (χ1v) is 6.36. The Bertz CT molecular complexity index is 391. The summed E-state index contributed by atoms with van der Waals surface area (Å²) in [6.07, 6.45) is 1.31. The van der Waals surface area contributed by atoms with Crippen LogP contribution in [0, 0.1) is 5.82 Å². The summed E-state index contributed by atoms with van der Waals surface area (Å²) in [6.45, 7) is 6.11. The fraction of sp³-hybridized carbons (Fsp3) is 0.571. The molecular weight excluding hydrogens is 233 g/mol. The minimum Gasteiger partial charge on any atom is -0.508 e. The fourth-order valence-electron chi connectivity index (χ4n) is 1.82. The van der Waals surface area contributed by atoms with Gasteiger partial charge in [-0.3, -0.25) is 0 Å². The maximum atomic E-state index is 13.6. The van der Waals surface area contributed by atoms with E-state index in [1.165, 1.54) is 6.07 Å². The van der Waals surface area contributed by atoms with Crippen LogP contribution in [0.4, 0.5) is 4.39 Å². The summed E-state index contributed by atoms with van der Waals surface area (Å²) < 4.78 is 13.6. The van der Waals surface area contributed by atoms with Gasteiger partial charge in [0.05, 0.1) is 5.60 Å². The minimum atomic E-state index is -0.748. The SMILES string of the molecule is CCC(O)(CC)CNC(C)c1ccc(O)cc1F. The quantitative estimate of drug-likeness (QED) is 0.732. The molecule has 1 rings (SSSR count). The van der Waals surface area contributed by atoms with Crippen molar-refractivity contribution in [3.8, 4) is 5.75 Å². The number of halogens is 1. The highest BCUT2D eigenvalue weighted by atomic mass is 19.1.